The summed E-state index contributed by atoms with van der Waals surface area (Å²) in [6.07, 6.45) is 5.02. The zero-order chi connectivity index (χ0) is 13.7. The van der Waals surface area contributed by atoms with Crippen molar-refractivity contribution in [3.63, 3.8) is 0 Å². The fraction of sp³-hybridized carbons (Fsp3) is 0.533. The lowest BCUT2D eigenvalue weighted by atomic mass is 10.00. The first-order valence-electron chi connectivity index (χ1n) is 6.84. The molecule has 0 spiro atoms. The molecule has 0 radical (unpaired) electrons. The van der Waals surface area contributed by atoms with Crippen molar-refractivity contribution in [1.29, 1.82) is 5.26 Å². The fourth-order valence-electron chi connectivity index (χ4n) is 2.64. The van der Waals surface area contributed by atoms with Crippen LogP contribution in [-0.2, 0) is 0 Å². The normalized spacial score (nSPS) is 19.9. The molecule has 1 heterocycles. The van der Waals surface area contributed by atoms with Crippen molar-refractivity contribution in [3.8, 4) is 6.07 Å². The van der Waals surface area contributed by atoms with Crippen molar-refractivity contribution < 1.29 is 0 Å². The highest BCUT2D eigenvalue weighted by Gasteiger charge is 2.18. The Morgan fingerprint density at radius 1 is 1.47 bits per heavy atom. The zero-order valence-corrected chi connectivity index (χ0v) is 12.1. The summed E-state index contributed by atoms with van der Waals surface area (Å²) in [5.74, 6) is 0. The van der Waals surface area contributed by atoms with Crippen LogP contribution < -0.4 is 5.32 Å². The van der Waals surface area contributed by atoms with Crippen LogP contribution in [-0.4, -0.2) is 31.1 Å². The number of nitriles is 1. The van der Waals surface area contributed by atoms with Gasteiger partial charge in [-0.1, -0.05) is 18.0 Å². The molecule has 0 amide bonds. The summed E-state index contributed by atoms with van der Waals surface area (Å²) in [7, 11) is 2.20. The Balaban J connectivity index is 1.88. The van der Waals surface area contributed by atoms with Gasteiger partial charge >= 0.3 is 0 Å². The fourth-order valence-corrected chi connectivity index (χ4v) is 2.81. The van der Waals surface area contributed by atoms with E-state index in [2.05, 4.69) is 23.3 Å². The van der Waals surface area contributed by atoms with Crippen molar-refractivity contribution >= 4 is 17.3 Å². The molecule has 1 unspecified atom stereocenters. The third-order valence-corrected chi connectivity index (χ3v) is 4.05. The first-order chi connectivity index (χ1) is 9.20. The summed E-state index contributed by atoms with van der Waals surface area (Å²) < 4.78 is 0. The van der Waals surface area contributed by atoms with Crippen LogP contribution in [0.25, 0.3) is 0 Å². The minimum Gasteiger partial charge on any atom is -0.384 e. The Bertz CT molecular complexity index is 467. The highest BCUT2D eigenvalue weighted by molar-refractivity contribution is 6.30. The zero-order valence-electron chi connectivity index (χ0n) is 11.3. The molecule has 1 saturated heterocycles. The van der Waals surface area contributed by atoms with Gasteiger partial charge in [-0.25, -0.2) is 0 Å². The second kappa shape index (κ2) is 6.79. The van der Waals surface area contributed by atoms with E-state index in [1.807, 2.05) is 6.07 Å². The van der Waals surface area contributed by atoms with E-state index in [0.717, 1.165) is 18.7 Å². The molecule has 4 heteroatoms. The van der Waals surface area contributed by atoms with Gasteiger partial charge in [-0.2, -0.15) is 5.26 Å². The molecular weight excluding hydrogens is 258 g/mol. The van der Waals surface area contributed by atoms with Gasteiger partial charge in [0.25, 0.3) is 0 Å². The van der Waals surface area contributed by atoms with Gasteiger partial charge in [-0.15, -0.1) is 0 Å². The van der Waals surface area contributed by atoms with Crippen LogP contribution in [0.4, 0.5) is 5.69 Å². The maximum Gasteiger partial charge on any atom is 0.101 e. The first-order valence-corrected chi connectivity index (χ1v) is 7.22. The molecule has 19 heavy (non-hydrogen) atoms. The summed E-state index contributed by atoms with van der Waals surface area (Å²) >= 11 is 5.97. The van der Waals surface area contributed by atoms with Crippen molar-refractivity contribution in [2.24, 2.45) is 0 Å². The number of likely N-dealkylation sites (tertiary alicyclic amines) is 1. The number of nitrogens with zero attached hydrogens (tertiary/aromatic N) is 2. The predicted molar refractivity (Wildman–Crippen MR) is 79.5 cm³/mol. The maximum atomic E-state index is 9.06. The van der Waals surface area contributed by atoms with Crippen molar-refractivity contribution in [1.82, 2.24) is 4.90 Å². The maximum absolute atomic E-state index is 9.06. The lowest BCUT2D eigenvalue weighted by Gasteiger charge is -2.32. The van der Waals surface area contributed by atoms with E-state index in [1.54, 1.807) is 12.1 Å². The largest absolute Gasteiger partial charge is 0.384 e. The number of hydrogen-bond donors (Lipinski definition) is 1. The van der Waals surface area contributed by atoms with Gasteiger partial charge in [-0.3, -0.25) is 0 Å². The van der Waals surface area contributed by atoms with Crippen LogP contribution in [0.2, 0.25) is 5.02 Å². The summed E-state index contributed by atoms with van der Waals surface area (Å²) in [5.41, 5.74) is 1.50. The number of nitrogens with one attached hydrogen (secondary N) is 1. The summed E-state index contributed by atoms with van der Waals surface area (Å²) in [5, 5.41) is 13.1. The smallest absolute Gasteiger partial charge is 0.101 e. The van der Waals surface area contributed by atoms with E-state index in [0.29, 0.717) is 16.6 Å². The molecule has 1 atom stereocenters. The Kier molecular flexibility index (Phi) is 5.07. The van der Waals surface area contributed by atoms with Crippen LogP contribution in [0.1, 0.15) is 31.2 Å². The number of anilines is 1. The molecule has 1 aromatic rings. The molecule has 0 aliphatic carbocycles. The van der Waals surface area contributed by atoms with Gasteiger partial charge in [0.15, 0.2) is 0 Å². The van der Waals surface area contributed by atoms with Crippen LogP contribution in [0.3, 0.4) is 0 Å². The standard InChI is InChI=1S/C15H20ClN3/c1-19-9-3-2-4-14(19)7-8-18-15-10-13(16)6-5-12(15)11-17/h5-6,10,14,18H,2-4,7-9H2,1H3. The van der Waals surface area contributed by atoms with E-state index in [9.17, 15) is 0 Å². The lowest BCUT2D eigenvalue weighted by molar-refractivity contribution is 0.179. The van der Waals surface area contributed by atoms with Crippen LogP contribution >= 0.6 is 11.6 Å². The molecule has 1 N–H and O–H groups in total. The average Bonchev–Trinajstić information content (AvgIpc) is 2.41. The monoisotopic (exact) mass is 277 g/mol. The summed E-state index contributed by atoms with van der Waals surface area (Å²) in [6, 6.07) is 8.18. The van der Waals surface area contributed by atoms with Crippen LogP contribution in [0.15, 0.2) is 18.2 Å². The molecule has 102 valence electrons. The SMILES string of the molecule is CN1CCCCC1CCNc1cc(Cl)ccc1C#N. The lowest BCUT2D eigenvalue weighted by Crippen LogP contribution is -2.37. The molecule has 3 nitrogen and oxygen atoms in total. The second-order valence-electron chi connectivity index (χ2n) is 5.15. The van der Waals surface area contributed by atoms with Crippen molar-refractivity contribution in [2.45, 2.75) is 31.7 Å². The topological polar surface area (TPSA) is 39.1 Å². The predicted octanol–water partition coefficient (Wildman–Crippen LogP) is 3.50. The molecule has 1 aliphatic rings. The van der Waals surface area contributed by atoms with Crippen molar-refractivity contribution in [3.05, 3.63) is 28.8 Å². The van der Waals surface area contributed by atoms with Gasteiger partial charge < -0.3 is 10.2 Å². The number of hydrogen-bond acceptors (Lipinski definition) is 3. The summed E-state index contributed by atoms with van der Waals surface area (Å²) in [4.78, 5) is 2.44. The number of halogens is 1. The van der Waals surface area contributed by atoms with E-state index < -0.39 is 0 Å². The quantitative estimate of drug-likeness (QED) is 0.916. The Hall–Kier alpha value is -1.24. The highest BCUT2D eigenvalue weighted by Crippen LogP contribution is 2.22. The van der Waals surface area contributed by atoms with Gasteiger partial charge in [0, 0.05) is 17.6 Å². The van der Waals surface area contributed by atoms with Gasteiger partial charge in [0.2, 0.25) is 0 Å². The average molecular weight is 278 g/mol. The Labute approximate surface area is 120 Å². The number of benzene rings is 1. The van der Waals surface area contributed by atoms with Crippen LogP contribution in [0, 0.1) is 11.3 Å². The van der Waals surface area contributed by atoms with E-state index >= 15 is 0 Å². The summed E-state index contributed by atoms with van der Waals surface area (Å²) in [6.45, 7) is 2.08. The number of rotatable bonds is 4. The molecule has 0 bridgehead atoms. The van der Waals surface area contributed by atoms with Crippen LogP contribution in [0.5, 0.6) is 0 Å². The molecule has 2 rings (SSSR count). The van der Waals surface area contributed by atoms with E-state index in [-0.39, 0.29) is 0 Å². The van der Waals surface area contributed by atoms with E-state index in [4.69, 9.17) is 16.9 Å². The highest BCUT2D eigenvalue weighted by atomic mass is 35.5. The second-order valence-corrected chi connectivity index (χ2v) is 5.58. The first kappa shape index (κ1) is 14.2. The minimum atomic E-state index is 0.654. The van der Waals surface area contributed by atoms with Gasteiger partial charge in [0.05, 0.1) is 11.3 Å². The van der Waals surface area contributed by atoms with E-state index in [1.165, 1.54) is 25.8 Å². The Morgan fingerprint density at radius 3 is 3.05 bits per heavy atom. The Morgan fingerprint density at radius 2 is 2.32 bits per heavy atom. The third kappa shape index (κ3) is 3.86. The molecular formula is C15H20ClN3. The molecule has 1 fully saturated rings. The molecule has 0 aromatic heterocycles. The number of piperidine rings is 1. The molecule has 0 saturated carbocycles. The molecule has 1 aromatic carbocycles. The van der Waals surface area contributed by atoms with Crippen molar-refractivity contribution in [2.75, 3.05) is 25.5 Å². The minimum absolute atomic E-state index is 0.654. The van der Waals surface area contributed by atoms with Gasteiger partial charge in [0.1, 0.15) is 6.07 Å². The van der Waals surface area contributed by atoms with Gasteiger partial charge in [-0.05, 0) is 51.1 Å². The third-order valence-electron chi connectivity index (χ3n) is 3.82. The molecule has 1 aliphatic heterocycles.